The van der Waals surface area contributed by atoms with E-state index in [2.05, 4.69) is 9.97 Å². The van der Waals surface area contributed by atoms with Crippen molar-refractivity contribution < 1.29 is 9.90 Å². The highest BCUT2D eigenvalue weighted by atomic mass is 35.5. The third-order valence-corrected chi connectivity index (χ3v) is 1.81. The maximum Gasteiger partial charge on any atom is 0.225 e. The number of aromatic nitrogens is 2. The fourth-order valence-electron chi connectivity index (χ4n) is 0.815. The number of aliphatic hydroxyl groups is 1. The minimum atomic E-state index is -0.764. The van der Waals surface area contributed by atoms with Gasteiger partial charge in [-0.05, 0) is 11.6 Å². The van der Waals surface area contributed by atoms with Gasteiger partial charge in [-0.15, -0.1) is 0 Å². The molecule has 0 bridgehead atoms. The molecule has 1 heterocycles. The quantitative estimate of drug-likeness (QED) is 0.463. The first-order valence-electron chi connectivity index (χ1n) is 3.37. The molecule has 0 atom stereocenters. The molecule has 1 aromatic rings. The van der Waals surface area contributed by atoms with E-state index >= 15 is 0 Å². The Bertz CT molecular complexity index is 428. The van der Waals surface area contributed by atoms with Crippen molar-refractivity contribution >= 4 is 29.0 Å². The number of carbonyl (C=O) groups excluding carboxylic acids is 1. The van der Waals surface area contributed by atoms with E-state index in [1.807, 2.05) is 0 Å². The van der Waals surface area contributed by atoms with E-state index in [4.69, 9.17) is 33.6 Å². The van der Waals surface area contributed by atoms with Crippen LogP contribution in [0, 0.1) is 11.3 Å². The van der Waals surface area contributed by atoms with Crippen LogP contribution in [0.3, 0.4) is 0 Å². The topological polar surface area (TPSA) is 86.9 Å². The van der Waals surface area contributed by atoms with Gasteiger partial charge >= 0.3 is 0 Å². The van der Waals surface area contributed by atoms with Crippen molar-refractivity contribution in [1.82, 2.24) is 9.97 Å². The predicted molar refractivity (Wildman–Crippen MR) is 48.2 cm³/mol. The molecule has 0 amide bonds. The summed E-state index contributed by atoms with van der Waals surface area (Å²) in [4.78, 5) is 18.1. The lowest BCUT2D eigenvalue weighted by atomic mass is 10.1. The summed E-state index contributed by atoms with van der Waals surface area (Å²) in [6, 6.07) is 1.64. The second-order valence-corrected chi connectivity index (χ2v) is 2.90. The maximum absolute atomic E-state index is 11.1. The van der Waals surface area contributed by atoms with Gasteiger partial charge in [-0.25, -0.2) is 9.97 Å². The molecule has 7 heteroatoms. The molecule has 0 aromatic carbocycles. The van der Waals surface area contributed by atoms with Crippen LogP contribution in [-0.2, 0) is 0 Å². The minimum Gasteiger partial charge on any atom is -0.388 e. The number of nitriles is 1. The molecule has 14 heavy (non-hydrogen) atoms. The van der Waals surface area contributed by atoms with Gasteiger partial charge in [-0.1, -0.05) is 11.6 Å². The number of nitrogens with zero attached hydrogens (tertiary/aromatic N) is 3. The van der Waals surface area contributed by atoms with Crippen molar-refractivity contribution in [1.29, 1.82) is 5.26 Å². The second-order valence-electron chi connectivity index (χ2n) is 2.20. The van der Waals surface area contributed by atoms with E-state index in [0.29, 0.717) is 0 Å². The Morgan fingerprint density at radius 2 is 2.14 bits per heavy atom. The number of hydrogen-bond donors (Lipinski definition) is 1. The summed E-state index contributed by atoms with van der Waals surface area (Å²) in [6.45, 7) is -0.764. The molecule has 0 radical (unpaired) electrons. The normalized spacial score (nSPS) is 9.57. The molecule has 1 aromatic heterocycles. The van der Waals surface area contributed by atoms with Crippen molar-refractivity contribution in [2.75, 3.05) is 6.61 Å². The zero-order valence-corrected chi connectivity index (χ0v) is 8.17. The van der Waals surface area contributed by atoms with Gasteiger partial charge in [0.15, 0.2) is 11.5 Å². The van der Waals surface area contributed by atoms with Crippen LogP contribution in [0.4, 0.5) is 0 Å². The molecule has 0 aliphatic heterocycles. The van der Waals surface area contributed by atoms with Crippen molar-refractivity contribution in [2.45, 2.75) is 0 Å². The van der Waals surface area contributed by atoms with E-state index in [1.54, 1.807) is 6.07 Å². The molecule has 0 aliphatic carbocycles. The summed E-state index contributed by atoms with van der Waals surface area (Å²) in [5, 5.41) is 16.8. The lowest BCUT2D eigenvalue weighted by Crippen LogP contribution is -2.10. The van der Waals surface area contributed by atoms with Gasteiger partial charge in [0.25, 0.3) is 0 Å². The minimum absolute atomic E-state index is 0.207. The highest BCUT2D eigenvalue weighted by Gasteiger charge is 2.18. The van der Waals surface area contributed by atoms with Gasteiger partial charge in [-0.2, -0.15) is 5.26 Å². The molecule has 0 aliphatic rings. The summed E-state index contributed by atoms with van der Waals surface area (Å²) in [5.74, 6) is -0.719. The largest absolute Gasteiger partial charge is 0.388 e. The molecular formula is C7H3Cl2N3O2. The number of hydrogen-bond acceptors (Lipinski definition) is 5. The second kappa shape index (κ2) is 4.33. The van der Waals surface area contributed by atoms with E-state index in [9.17, 15) is 4.79 Å². The average molecular weight is 232 g/mol. The van der Waals surface area contributed by atoms with Crippen LogP contribution in [0.15, 0.2) is 0 Å². The Morgan fingerprint density at radius 3 is 2.64 bits per heavy atom. The highest BCUT2D eigenvalue weighted by Crippen LogP contribution is 2.18. The van der Waals surface area contributed by atoms with Gasteiger partial charge in [0.1, 0.15) is 17.8 Å². The maximum atomic E-state index is 11.1. The Balaban J connectivity index is 3.42. The van der Waals surface area contributed by atoms with Crippen molar-refractivity contribution in [3.63, 3.8) is 0 Å². The molecule has 0 fully saturated rings. The number of carbonyl (C=O) groups is 1. The number of Topliss-reactive ketones (excluding diaryl/α,β-unsaturated/α-hetero) is 1. The van der Waals surface area contributed by atoms with Crippen LogP contribution in [0.25, 0.3) is 0 Å². The molecule has 1 rings (SSSR count). The monoisotopic (exact) mass is 231 g/mol. The predicted octanol–water partition coefficient (Wildman–Crippen LogP) is 0.830. The van der Waals surface area contributed by atoms with E-state index in [0.717, 1.165) is 0 Å². The molecule has 72 valence electrons. The lowest BCUT2D eigenvalue weighted by Gasteiger charge is -2.01. The number of ketones is 1. The number of aliphatic hydroxyl groups excluding tert-OH is 1. The van der Waals surface area contributed by atoms with Gasteiger partial charge in [0.05, 0.1) is 5.56 Å². The fraction of sp³-hybridized carbons (Fsp3) is 0.143. The fourth-order valence-corrected chi connectivity index (χ4v) is 1.30. The molecule has 5 nitrogen and oxygen atoms in total. The Morgan fingerprint density at radius 1 is 1.50 bits per heavy atom. The lowest BCUT2D eigenvalue weighted by molar-refractivity contribution is 0.0903. The molecule has 1 N–H and O–H groups in total. The Hall–Kier alpha value is -1.22. The zero-order valence-electron chi connectivity index (χ0n) is 6.66. The third-order valence-electron chi connectivity index (χ3n) is 1.37. The van der Waals surface area contributed by atoms with Crippen LogP contribution in [0.5, 0.6) is 0 Å². The van der Waals surface area contributed by atoms with Gasteiger partial charge in [0.2, 0.25) is 5.28 Å². The standard InChI is InChI=1S/C7H3Cl2N3O2/c8-6-5(4(14)2-13)3(1-10)11-7(9)12-6/h13H,2H2. The smallest absolute Gasteiger partial charge is 0.225 e. The van der Waals surface area contributed by atoms with Crippen molar-refractivity contribution in [3.05, 3.63) is 21.7 Å². The van der Waals surface area contributed by atoms with Gasteiger partial charge in [-0.3, -0.25) is 4.79 Å². The molecular weight excluding hydrogens is 229 g/mol. The molecule has 0 saturated carbocycles. The number of halogens is 2. The van der Waals surface area contributed by atoms with Crippen molar-refractivity contribution in [2.24, 2.45) is 0 Å². The Kier molecular flexibility index (Phi) is 3.36. The first kappa shape index (κ1) is 10.9. The molecule has 0 spiro atoms. The van der Waals surface area contributed by atoms with Crippen LogP contribution in [0.2, 0.25) is 10.4 Å². The van der Waals surface area contributed by atoms with Crippen LogP contribution < -0.4 is 0 Å². The van der Waals surface area contributed by atoms with Gasteiger partial charge in [0, 0.05) is 0 Å². The van der Waals surface area contributed by atoms with E-state index in [1.165, 1.54) is 0 Å². The zero-order chi connectivity index (χ0) is 10.7. The highest BCUT2D eigenvalue weighted by molar-refractivity contribution is 6.34. The molecule has 0 unspecified atom stereocenters. The van der Waals surface area contributed by atoms with Crippen LogP contribution >= 0.6 is 23.2 Å². The Labute approximate surface area is 88.9 Å². The number of rotatable bonds is 2. The first-order valence-corrected chi connectivity index (χ1v) is 4.13. The SMILES string of the molecule is N#Cc1nc(Cl)nc(Cl)c1C(=O)CO. The first-order chi connectivity index (χ1) is 6.60. The van der Waals surface area contributed by atoms with Gasteiger partial charge < -0.3 is 5.11 Å². The summed E-state index contributed by atoms with van der Waals surface area (Å²) >= 11 is 11.0. The van der Waals surface area contributed by atoms with Crippen molar-refractivity contribution in [3.8, 4) is 6.07 Å². The summed E-state index contributed by atoms with van der Waals surface area (Å²) in [6.07, 6.45) is 0. The molecule has 0 saturated heterocycles. The summed E-state index contributed by atoms with van der Waals surface area (Å²) < 4.78 is 0. The van der Waals surface area contributed by atoms with E-state index in [-0.39, 0.29) is 21.7 Å². The van der Waals surface area contributed by atoms with E-state index < -0.39 is 12.4 Å². The summed E-state index contributed by atoms with van der Waals surface area (Å²) in [5.41, 5.74) is -0.449. The summed E-state index contributed by atoms with van der Waals surface area (Å²) in [7, 11) is 0. The average Bonchev–Trinajstić information content (AvgIpc) is 2.15. The van der Waals surface area contributed by atoms with Crippen LogP contribution in [0.1, 0.15) is 16.1 Å². The van der Waals surface area contributed by atoms with Crippen LogP contribution in [-0.4, -0.2) is 27.5 Å². The third kappa shape index (κ3) is 1.99.